The van der Waals surface area contributed by atoms with E-state index in [0.717, 1.165) is 0 Å². The highest BCUT2D eigenvalue weighted by Gasteiger charge is 2.30. The lowest BCUT2D eigenvalue weighted by Crippen LogP contribution is -2.42. The Kier molecular flexibility index (Phi) is 4.68. The molecule has 97 valence electrons. The van der Waals surface area contributed by atoms with Gasteiger partial charge in [0.05, 0.1) is 0 Å². The lowest BCUT2D eigenvalue weighted by molar-refractivity contribution is 0.0155. The van der Waals surface area contributed by atoms with Crippen molar-refractivity contribution in [3.05, 3.63) is 0 Å². The second-order valence-electron chi connectivity index (χ2n) is 5.41. The second kappa shape index (κ2) is 5.16. The average Bonchev–Trinajstić information content (AvgIpc) is 1.96. The third kappa shape index (κ3) is 6.55. The van der Waals surface area contributed by atoms with E-state index in [4.69, 9.17) is 14.9 Å². The number of carbonyl (C=O) groups is 2. The van der Waals surface area contributed by atoms with Crippen LogP contribution in [0.1, 0.15) is 41.5 Å². The van der Waals surface area contributed by atoms with Crippen molar-refractivity contribution in [2.75, 3.05) is 0 Å². The third-order valence-electron chi connectivity index (χ3n) is 1.26. The first kappa shape index (κ1) is 15.4. The maximum absolute atomic E-state index is 11.5. The number of rotatable bonds is 1. The molecule has 0 aliphatic rings. The van der Waals surface area contributed by atoms with Gasteiger partial charge in [0.25, 0.3) is 0 Å². The van der Waals surface area contributed by atoms with E-state index in [0.29, 0.717) is 4.90 Å². The van der Waals surface area contributed by atoms with Crippen LogP contribution in [0, 0.1) is 5.41 Å². The van der Waals surface area contributed by atoms with Gasteiger partial charge >= 0.3 is 12.2 Å². The molecule has 0 saturated carbocycles. The largest absolute Gasteiger partial charge is 0.443 e. The summed E-state index contributed by atoms with van der Waals surface area (Å²) in [7, 11) is 0. The van der Waals surface area contributed by atoms with E-state index in [9.17, 15) is 9.59 Å². The Hall–Kier alpha value is -1.59. The highest BCUT2D eigenvalue weighted by molar-refractivity contribution is 5.99. The van der Waals surface area contributed by atoms with Crippen LogP contribution in [0.4, 0.5) is 9.59 Å². The topological polar surface area (TPSA) is 79.7 Å². The second-order valence-corrected chi connectivity index (χ2v) is 5.41. The molecular weight excluding hydrogens is 224 g/mol. The van der Waals surface area contributed by atoms with Crippen LogP contribution in [0.25, 0.3) is 0 Å². The number of nitrogens with one attached hydrogen (secondary N) is 1. The Morgan fingerprint density at radius 2 is 1.24 bits per heavy atom. The highest BCUT2D eigenvalue weighted by Crippen LogP contribution is 2.13. The SMILES string of the molecule is CC(C)(C)OC(=O)N([C]=N)C(=O)OC(C)(C)C. The predicted molar refractivity (Wildman–Crippen MR) is 62.0 cm³/mol. The Labute approximate surface area is 101 Å². The monoisotopic (exact) mass is 243 g/mol. The predicted octanol–water partition coefficient (Wildman–Crippen LogP) is 2.64. The molecule has 0 heterocycles. The summed E-state index contributed by atoms with van der Waals surface area (Å²) >= 11 is 0. The summed E-state index contributed by atoms with van der Waals surface area (Å²) in [6, 6.07) is 0. The number of nitrogens with zero attached hydrogens (tertiary/aromatic N) is 1. The van der Waals surface area contributed by atoms with Crippen molar-refractivity contribution in [2.24, 2.45) is 0 Å². The van der Waals surface area contributed by atoms with Crippen molar-refractivity contribution in [3.63, 3.8) is 0 Å². The van der Waals surface area contributed by atoms with Gasteiger partial charge in [-0.3, -0.25) is 5.41 Å². The minimum Gasteiger partial charge on any atom is -0.443 e. The zero-order chi connectivity index (χ0) is 13.9. The van der Waals surface area contributed by atoms with Gasteiger partial charge in [0.15, 0.2) is 6.34 Å². The number of imide groups is 1. The number of hydrogen-bond donors (Lipinski definition) is 1. The zero-order valence-corrected chi connectivity index (χ0v) is 11.1. The van der Waals surface area contributed by atoms with E-state index < -0.39 is 23.4 Å². The molecule has 0 aromatic heterocycles. The summed E-state index contributed by atoms with van der Waals surface area (Å²) in [6.45, 7) is 9.93. The van der Waals surface area contributed by atoms with E-state index >= 15 is 0 Å². The summed E-state index contributed by atoms with van der Waals surface area (Å²) in [4.78, 5) is 23.4. The summed E-state index contributed by atoms with van der Waals surface area (Å²) in [5.41, 5.74) is -1.51. The standard InChI is InChI=1S/C11H19N2O4/c1-10(2,3)16-8(14)13(7-12)9(15)17-11(4,5)6/h12H,1-6H3. The van der Waals surface area contributed by atoms with Crippen LogP contribution in [-0.4, -0.2) is 34.6 Å². The normalized spacial score (nSPS) is 11.6. The van der Waals surface area contributed by atoms with Gasteiger partial charge in [-0.1, -0.05) is 0 Å². The molecule has 0 fully saturated rings. The molecular formula is C11H19N2O4. The van der Waals surface area contributed by atoms with Gasteiger partial charge in [0.2, 0.25) is 0 Å². The molecule has 0 bridgehead atoms. The Morgan fingerprint density at radius 1 is 0.941 bits per heavy atom. The van der Waals surface area contributed by atoms with E-state index in [2.05, 4.69) is 0 Å². The molecule has 0 rings (SSSR count). The summed E-state index contributed by atoms with van der Waals surface area (Å²) < 4.78 is 9.86. The van der Waals surface area contributed by atoms with Crippen LogP contribution in [0.2, 0.25) is 0 Å². The molecule has 0 aliphatic heterocycles. The fourth-order valence-electron chi connectivity index (χ4n) is 0.781. The van der Waals surface area contributed by atoms with Crippen LogP contribution < -0.4 is 0 Å². The quantitative estimate of drug-likeness (QED) is 0.436. The van der Waals surface area contributed by atoms with Crippen LogP contribution in [0.3, 0.4) is 0 Å². The number of ether oxygens (including phenoxy) is 2. The van der Waals surface area contributed by atoms with E-state index in [-0.39, 0.29) is 0 Å². The molecule has 0 saturated heterocycles. The fourth-order valence-corrected chi connectivity index (χ4v) is 0.781. The van der Waals surface area contributed by atoms with E-state index in [1.54, 1.807) is 47.9 Å². The van der Waals surface area contributed by atoms with Gasteiger partial charge in [-0.15, -0.1) is 0 Å². The number of carbonyl (C=O) groups excluding carboxylic acids is 2. The van der Waals surface area contributed by atoms with Gasteiger partial charge < -0.3 is 9.47 Å². The maximum Gasteiger partial charge on any atom is 0.425 e. The Bertz CT molecular complexity index is 284. The Balaban J connectivity index is 4.68. The van der Waals surface area contributed by atoms with Crippen molar-refractivity contribution in [1.82, 2.24) is 4.90 Å². The number of amides is 2. The highest BCUT2D eigenvalue weighted by atomic mass is 16.6. The minimum absolute atomic E-state index is 0.358. The lowest BCUT2D eigenvalue weighted by atomic mass is 10.2. The lowest BCUT2D eigenvalue weighted by Gasteiger charge is -2.25. The number of hydrogen-bond acceptors (Lipinski definition) is 5. The van der Waals surface area contributed by atoms with Crippen LogP contribution >= 0.6 is 0 Å². The molecule has 0 aromatic rings. The van der Waals surface area contributed by atoms with Crippen molar-refractivity contribution in [3.8, 4) is 0 Å². The maximum atomic E-state index is 11.5. The summed E-state index contributed by atoms with van der Waals surface area (Å²) in [6.07, 6.45) is -0.288. The van der Waals surface area contributed by atoms with Crippen molar-refractivity contribution < 1.29 is 19.1 Å². The molecule has 6 heteroatoms. The zero-order valence-electron chi connectivity index (χ0n) is 11.1. The van der Waals surface area contributed by atoms with Gasteiger partial charge in [0.1, 0.15) is 11.2 Å². The molecule has 17 heavy (non-hydrogen) atoms. The molecule has 0 aliphatic carbocycles. The van der Waals surface area contributed by atoms with E-state index in [1.165, 1.54) is 0 Å². The molecule has 0 spiro atoms. The fraction of sp³-hybridized carbons (Fsp3) is 0.727. The molecule has 0 aromatic carbocycles. The first-order valence-electron chi connectivity index (χ1n) is 5.15. The molecule has 0 atom stereocenters. The van der Waals surface area contributed by atoms with E-state index in [1.807, 2.05) is 0 Å². The minimum atomic E-state index is -0.984. The van der Waals surface area contributed by atoms with Crippen LogP contribution in [-0.2, 0) is 9.47 Å². The molecule has 0 unspecified atom stereocenters. The smallest absolute Gasteiger partial charge is 0.425 e. The third-order valence-corrected chi connectivity index (χ3v) is 1.26. The van der Waals surface area contributed by atoms with Crippen molar-refractivity contribution in [2.45, 2.75) is 52.7 Å². The summed E-state index contributed by atoms with van der Waals surface area (Å²) in [5, 5.41) is 6.91. The van der Waals surface area contributed by atoms with Gasteiger partial charge in [-0.2, -0.15) is 4.90 Å². The van der Waals surface area contributed by atoms with Gasteiger partial charge in [-0.25, -0.2) is 9.59 Å². The first-order chi connectivity index (χ1) is 7.46. The molecule has 6 nitrogen and oxygen atoms in total. The first-order valence-corrected chi connectivity index (χ1v) is 5.15. The van der Waals surface area contributed by atoms with Gasteiger partial charge in [-0.05, 0) is 41.5 Å². The van der Waals surface area contributed by atoms with Gasteiger partial charge in [0, 0.05) is 0 Å². The van der Waals surface area contributed by atoms with Crippen molar-refractivity contribution >= 4 is 18.5 Å². The summed E-state index contributed by atoms with van der Waals surface area (Å²) in [5.74, 6) is 0. The Morgan fingerprint density at radius 3 is 1.41 bits per heavy atom. The molecule has 1 radical (unpaired) electrons. The average molecular weight is 243 g/mol. The molecule has 2 amide bonds. The van der Waals surface area contributed by atoms with Crippen LogP contribution in [0.15, 0.2) is 0 Å². The molecule has 1 N–H and O–H groups in total. The van der Waals surface area contributed by atoms with Crippen molar-refractivity contribution in [1.29, 1.82) is 5.41 Å². The van der Waals surface area contributed by atoms with Crippen LogP contribution in [0.5, 0.6) is 0 Å².